The zero-order chi connectivity index (χ0) is 19.5. The number of hydrogen-bond acceptors (Lipinski definition) is 4. The van der Waals surface area contributed by atoms with Crippen molar-refractivity contribution < 1.29 is 19.1 Å². The van der Waals surface area contributed by atoms with Crippen LogP contribution in [-0.2, 0) is 11.2 Å². The number of rotatable bonds is 4. The Labute approximate surface area is 155 Å². The second-order valence-corrected chi connectivity index (χ2v) is 7.19. The number of carbonyl (C=O) groups excluding carboxylic acids is 2. The molecule has 2 rings (SSSR count). The first-order chi connectivity index (χ1) is 12.0. The van der Waals surface area contributed by atoms with Gasteiger partial charge >= 0.3 is 0 Å². The van der Waals surface area contributed by atoms with E-state index in [1.54, 1.807) is 20.8 Å². The number of nitrogens with one attached hydrogen (secondary N) is 2. The maximum atomic E-state index is 13.9. The molecule has 0 saturated heterocycles. The Morgan fingerprint density at radius 3 is 2.62 bits per heavy atom. The van der Waals surface area contributed by atoms with Crippen LogP contribution >= 0.6 is 11.6 Å². The van der Waals surface area contributed by atoms with Crippen LogP contribution in [0.2, 0.25) is 5.02 Å². The number of phenolic OH excluding ortho intramolecular Hbond substituents is 1. The summed E-state index contributed by atoms with van der Waals surface area (Å²) in [5.41, 5.74) is -0.385. The predicted octanol–water partition coefficient (Wildman–Crippen LogP) is 3.29. The molecule has 6 nitrogen and oxygen atoms in total. The van der Waals surface area contributed by atoms with E-state index >= 15 is 0 Å². The van der Waals surface area contributed by atoms with Crippen LogP contribution in [0.15, 0.2) is 30.5 Å². The normalized spacial score (nSPS) is 11.1. The first-order valence-electron chi connectivity index (χ1n) is 7.80. The van der Waals surface area contributed by atoms with Gasteiger partial charge in [0, 0.05) is 16.1 Å². The fourth-order valence-electron chi connectivity index (χ4n) is 2.13. The standard InChI is InChI=1S/C18H19ClFN3O3/c1-18(2,3)23-17(26)14-8-13(12(20)9-21-14)22-16(25)7-10-6-11(19)4-5-15(10)24/h4-6,8-9,24H,7H2,1-3H3,(H,23,26)(H,21,22,25). The van der Waals surface area contributed by atoms with Crippen LogP contribution in [0, 0.1) is 5.82 Å². The Morgan fingerprint density at radius 1 is 1.27 bits per heavy atom. The van der Waals surface area contributed by atoms with Crippen molar-refractivity contribution in [1.82, 2.24) is 10.3 Å². The Morgan fingerprint density at radius 2 is 1.96 bits per heavy atom. The number of anilines is 1. The molecule has 0 radical (unpaired) electrons. The van der Waals surface area contributed by atoms with Crippen molar-refractivity contribution >= 4 is 29.1 Å². The Bertz CT molecular complexity index is 850. The molecule has 1 aromatic carbocycles. The quantitative estimate of drug-likeness (QED) is 0.760. The van der Waals surface area contributed by atoms with Gasteiger partial charge in [-0.15, -0.1) is 0 Å². The molecule has 138 valence electrons. The van der Waals surface area contributed by atoms with Gasteiger partial charge in [0.25, 0.3) is 5.91 Å². The molecular weight excluding hydrogens is 361 g/mol. The van der Waals surface area contributed by atoms with Crippen molar-refractivity contribution in [1.29, 1.82) is 0 Å². The van der Waals surface area contributed by atoms with Crippen molar-refractivity contribution in [2.24, 2.45) is 0 Å². The molecular formula is C18H19ClFN3O3. The highest BCUT2D eigenvalue weighted by Gasteiger charge is 2.18. The summed E-state index contributed by atoms with van der Waals surface area (Å²) in [4.78, 5) is 28.0. The lowest BCUT2D eigenvalue weighted by Gasteiger charge is -2.20. The third-order valence-corrected chi connectivity index (χ3v) is 3.48. The second-order valence-electron chi connectivity index (χ2n) is 6.75. The van der Waals surface area contributed by atoms with Crippen LogP contribution in [0.4, 0.5) is 10.1 Å². The molecule has 8 heteroatoms. The average molecular weight is 380 g/mol. The Hall–Kier alpha value is -2.67. The molecule has 26 heavy (non-hydrogen) atoms. The van der Waals surface area contributed by atoms with Crippen molar-refractivity contribution in [3.8, 4) is 5.75 Å². The van der Waals surface area contributed by atoms with Crippen molar-refractivity contribution in [3.05, 3.63) is 52.6 Å². The molecule has 0 bridgehead atoms. The fraction of sp³-hybridized carbons (Fsp3) is 0.278. The highest BCUT2D eigenvalue weighted by Crippen LogP contribution is 2.23. The molecule has 0 unspecified atom stereocenters. The molecule has 0 aliphatic rings. The molecule has 2 amide bonds. The first-order valence-corrected chi connectivity index (χ1v) is 8.18. The van der Waals surface area contributed by atoms with Gasteiger partial charge in [0.15, 0.2) is 5.82 Å². The summed E-state index contributed by atoms with van der Waals surface area (Å²) in [6.45, 7) is 5.40. The van der Waals surface area contributed by atoms with Gasteiger partial charge < -0.3 is 15.7 Å². The van der Waals surface area contributed by atoms with Gasteiger partial charge in [-0.1, -0.05) is 11.6 Å². The van der Waals surface area contributed by atoms with E-state index in [0.717, 1.165) is 12.3 Å². The van der Waals surface area contributed by atoms with E-state index in [4.69, 9.17) is 11.6 Å². The van der Waals surface area contributed by atoms with E-state index in [0.29, 0.717) is 10.6 Å². The van der Waals surface area contributed by atoms with E-state index in [1.807, 2.05) is 0 Å². The summed E-state index contributed by atoms with van der Waals surface area (Å²) in [7, 11) is 0. The smallest absolute Gasteiger partial charge is 0.270 e. The van der Waals surface area contributed by atoms with Gasteiger partial charge in [0.2, 0.25) is 5.91 Å². The summed E-state index contributed by atoms with van der Waals surface area (Å²) in [5.74, 6) is -1.93. The minimum atomic E-state index is -0.777. The van der Waals surface area contributed by atoms with Crippen LogP contribution < -0.4 is 10.6 Å². The molecule has 1 aromatic heterocycles. The van der Waals surface area contributed by atoms with Crippen LogP contribution in [-0.4, -0.2) is 27.4 Å². The summed E-state index contributed by atoms with van der Waals surface area (Å²) in [5, 5.41) is 15.2. The molecule has 0 saturated carbocycles. The molecule has 0 atom stereocenters. The second kappa shape index (κ2) is 7.70. The van der Waals surface area contributed by atoms with Gasteiger partial charge in [-0.2, -0.15) is 0 Å². The molecule has 0 aliphatic heterocycles. The van der Waals surface area contributed by atoms with E-state index < -0.39 is 23.2 Å². The lowest BCUT2D eigenvalue weighted by atomic mass is 10.1. The van der Waals surface area contributed by atoms with Gasteiger partial charge in [-0.3, -0.25) is 9.59 Å². The van der Waals surface area contributed by atoms with Gasteiger partial charge in [-0.05, 0) is 45.0 Å². The van der Waals surface area contributed by atoms with Crippen LogP contribution in [0.1, 0.15) is 36.8 Å². The SMILES string of the molecule is CC(C)(C)NC(=O)c1cc(NC(=O)Cc2cc(Cl)ccc2O)c(F)cn1. The summed E-state index contributed by atoms with van der Waals surface area (Å²) >= 11 is 5.84. The van der Waals surface area contributed by atoms with E-state index in [-0.39, 0.29) is 23.6 Å². The number of amides is 2. The van der Waals surface area contributed by atoms with Crippen LogP contribution in [0.5, 0.6) is 5.75 Å². The maximum absolute atomic E-state index is 13.9. The lowest BCUT2D eigenvalue weighted by molar-refractivity contribution is -0.115. The van der Waals surface area contributed by atoms with E-state index in [9.17, 15) is 19.1 Å². The number of hydrogen-bond donors (Lipinski definition) is 3. The van der Waals surface area contributed by atoms with Gasteiger partial charge in [-0.25, -0.2) is 9.37 Å². The molecule has 0 fully saturated rings. The number of benzene rings is 1. The molecule has 0 spiro atoms. The first kappa shape index (κ1) is 19.7. The van der Waals surface area contributed by atoms with E-state index in [2.05, 4.69) is 15.6 Å². The molecule has 2 aromatic rings. The summed E-state index contributed by atoms with van der Waals surface area (Å²) in [6.07, 6.45) is 0.654. The number of aromatic hydroxyl groups is 1. The number of halogens is 2. The number of pyridine rings is 1. The minimum absolute atomic E-state index is 0.0257. The van der Waals surface area contributed by atoms with Gasteiger partial charge in [0.05, 0.1) is 18.3 Å². The predicted molar refractivity (Wildman–Crippen MR) is 96.9 cm³/mol. The van der Waals surface area contributed by atoms with Crippen molar-refractivity contribution in [2.75, 3.05) is 5.32 Å². The zero-order valence-electron chi connectivity index (χ0n) is 14.6. The monoisotopic (exact) mass is 379 g/mol. The minimum Gasteiger partial charge on any atom is -0.508 e. The number of phenols is 1. The maximum Gasteiger partial charge on any atom is 0.270 e. The lowest BCUT2D eigenvalue weighted by Crippen LogP contribution is -2.41. The van der Waals surface area contributed by atoms with Crippen LogP contribution in [0.3, 0.4) is 0 Å². The topological polar surface area (TPSA) is 91.3 Å². The zero-order valence-corrected chi connectivity index (χ0v) is 15.3. The molecule has 0 aliphatic carbocycles. The third-order valence-electron chi connectivity index (χ3n) is 3.24. The van der Waals surface area contributed by atoms with Crippen molar-refractivity contribution in [3.63, 3.8) is 0 Å². The molecule has 3 N–H and O–H groups in total. The molecule has 1 heterocycles. The Balaban J connectivity index is 2.15. The summed E-state index contributed by atoms with van der Waals surface area (Å²) < 4.78 is 13.9. The highest BCUT2D eigenvalue weighted by atomic mass is 35.5. The number of nitrogens with zero attached hydrogens (tertiary/aromatic N) is 1. The van der Waals surface area contributed by atoms with Crippen molar-refractivity contribution in [2.45, 2.75) is 32.7 Å². The van der Waals surface area contributed by atoms with Gasteiger partial charge in [0.1, 0.15) is 11.4 Å². The fourth-order valence-corrected chi connectivity index (χ4v) is 2.32. The average Bonchev–Trinajstić information content (AvgIpc) is 2.51. The van der Waals surface area contributed by atoms with E-state index in [1.165, 1.54) is 18.2 Å². The Kier molecular flexibility index (Phi) is 5.82. The number of aromatic nitrogens is 1. The highest BCUT2D eigenvalue weighted by molar-refractivity contribution is 6.30. The van der Waals surface area contributed by atoms with Crippen LogP contribution in [0.25, 0.3) is 0 Å². The third kappa shape index (κ3) is 5.42. The number of carbonyl (C=O) groups is 2. The largest absolute Gasteiger partial charge is 0.508 e. The summed E-state index contributed by atoms with van der Waals surface area (Å²) in [6, 6.07) is 5.46.